The van der Waals surface area contributed by atoms with Gasteiger partial charge in [0.25, 0.3) is 0 Å². The highest BCUT2D eigenvalue weighted by atomic mass is 79.9. The zero-order chi connectivity index (χ0) is 12.3. The number of aryl methyl sites for hydroxylation is 2. The summed E-state index contributed by atoms with van der Waals surface area (Å²) in [6.07, 6.45) is 2.27. The number of halogens is 2. The molecule has 3 nitrogen and oxygen atoms in total. The fourth-order valence-electron chi connectivity index (χ4n) is 2.11. The van der Waals surface area contributed by atoms with E-state index in [4.69, 9.17) is 4.74 Å². The van der Waals surface area contributed by atoms with Crippen molar-refractivity contribution in [3.8, 4) is 0 Å². The summed E-state index contributed by atoms with van der Waals surface area (Å²) in [7, 11) is 0. The lowest BCUT2D eigenvalue weighted by Gasteiger charge is -2.26. The molecule has 1 aliphatic heterocycles. The van der Waals surface area contributed by atoms with Crippen LogP contribution in [0.5, 0.6) is 0 Å². The number of hydrogen-bond donors (Lipinski definition) is 1. The molecule has 0 aliphatic carbocycles. The van der Waals surface area contributed by atoms with Crippen LogP contribution in [0.4, 0.5) is 0 Å². The highest BCUT2D eigenvalue weighted by Gasteiger charge is 2.12. The van der Waals surface area contributed by atoms with Crippen LogP contribution in [0.2, 0.25) is 0 Å². The molecular weight excluding hydrogens is 348 g/mol. The number of aromatic amines is 1. The van der Waals surface area contributed by atoms with Crippen LogP contribution in [0.1, 0.15) is 17.8 Å². The molecule has 0 atom stereocenters. The molecular formula is C12H18Br2N2O. The fourth-order valence-corrected chi connectivity index (χ4v) is 3.04. The first kappa shape index (κ1) is 13.6. The van der Waals surface area contributed by atoms with Crippen LogP contribution in [0.25, 0.3) is 0 Å². The molecule has 1 N–H and O–H groups in total. The van der Waals surface area contributed by atoms with Gasteiger partial charge in [-0.15, -0.1) is 0 Å². The minimum absolute atomic E-state index is 0.886. The Morgan fingerprint density at radius 1 is 1.24 bits per heavy atom. The van der Waals surface area contributed by atoms with E-state index < -0.39 is 0 Å². The van der Waals surface area contributed by atoms with E-state index in [1.54, 1.807) is 0 Å². The van der Waals surface area contributed by atoms with Gasteiger partial charge in [-0.05, 0) is 58.2 Å². The van der Waals surface area contributed by atoms with E-state index in [0.717, 1.165) is 43.7 Å². The predicted octanol–water partition coefficient (Wildman–Crippen LogP) is 3.11. The van der Waals surface area contributed by atoms with Crippen molar-refractivity contribution in [3.63, 3.8) is 0 Å². The van der Waals surface area contributed by atoms with Gasteiger partial charge in [0.15, 0.2) is 0 Å². The Morgan fingerprint density at radius 3 is 2.53 bits per heavy atom. The van der Waals surface area contributed by atoms with Crippen LogP contribution in [0.3, 0.4) is 0 Å². The van der Waals surface area contributed by atoms with E-state index in [0.29, 0.717) is 0 Å². The molecule has 0 spiro atoms. The lowest BCUT2D eigenvalue weighted by Crippen LogP contribution is -2.36. The maximum atomic E-state index is 5.34. The van der Waals surface area contributed by atoms with Crippen molar-refractivity contribution in [1.29, 1.82) is 0 Å². The monoisotopic (exact) mass is 364 g/mol. The molecule has 1 saturated heterocycles. The van der Waals surface area contributed by atoms with E-state index in [-0.39, 0.29) is 0 Å². The molecule has 0 amide bonds. The van der Waals surface area contributed by atoms with E-state index in [2.05, 4.69) is 48.7 Å². The third kappa shape index (κ3) is 3.56. The Balaban J connectivity index is 1.79. The second-order valence-corrected chi connectivity index (χ2v) is 6.00. The van der Waals surface area contributed by atoms with Crippen molar-refractivity contribution in [3.05, 3.63) is 20.3 Å². The topological polar surface area (TPSA) is 28.3 Å². The zero-order valence-electron chi connectivity index (χ0n) is 10.1. The van der Waals surface area contributed by atoms with Crippen LogP contribution in [-0.2, 0) is 11.2 Å². The Morgan fingerprint density at radius 2 is 1.94 bits per heavy atom. The van der Waals surface area contributed by atoms with Crippen molar-refractivity contribution < 1.29 is 4.74 Å². The number of hydrogen-bond acceptors (Lipinski definition) is 2. The van der Waals surface area contributed by atoms with Gasteiger partial charge < -0.3 is 9.72 Å². The second-order valence-electron chi connectivity index (χ2n) is 4.41. The van der Waals surface area contributed by atoms with Crippen molar-refractivity contribution in [1.82, 2.24) is 9.88 Å². The van der Waals surface area contributed by atoms with E-state index in [9.17, 15) is 0 Å². The lowest BCUT2D eigenvalue weighted by molar-refractivity contribution is 0.0374. The van der Waals surface area contributed by atoms with Crippen molar-refractivity contribution in [2.24, 2.45) is 0 Å². The number of aromatic nitrogens is 1. The summed E-state index contributed by atoms with van der Waals surface area (Å²) in [5.41, 5.74) is 2.49. The van der Waals surface area contributed by atoms with Crippen molar-refractivity contribution in [2.45, 2.75) is 19.8 Å². The first-order valence-electron chi connectivity index (χ1n) is 6.01. The van der Waals surface area contributed by atoms with Crippen LogP contribution in [0.15, 0.2) is 8.95 Å². The standard InChI is InChI=1S/C12H18Br2N2O/c1-9-11(13)12(14)10(15-9)3-2-4-16-5-7-17-8-6-16/h15H,2-8H2,1H3. The molecule has 0 saturated carbocycles. The molecule has 17 heavy (non-hydrogen) atoms. The maximum Gasteiger partial charge on any atom is 0.0594 e. The quantitative estimate of drug-likeness (QED) is 0.887. The van der Waals surface area contributed by atoms with Crippen LogP contribution >= 0.6 is 31.9 Å². The highest BCUT2D eigenvalue weighted by Crippen LogP contribution is 2.30. The summed E-state index contributed by atoms with van der Waals surface area (Å²) in [4.78, 5) is 5.89. The molecule has 1 aliphatic rings. The predicted molar refractivity (Wildman–Crippen MR) is 76.5 cm³/mol. The van der Waals surface area contributed by atoms with Crippen molar-refractivity contribution in [2.75, 3.05) is 32.8 Å². The summed E-state index contributed by atoms with van der Waals surface area (Å²) >= 11 is 7.18. The third-order valence-corrected chi connectivity index (χ3v) is 5.53. The van der Waals surface area contributed by atoms with Crippen molar-refractivity contribution >= 4 is 31.9 Å². The Hall–Kier alpha value is 0.160. The molecule has 2 rings (SSSR count). The van der Waals surface area contributed by atoms with Crippen LogP contribution in [-0.4, -0.2) is 42.7 Å². The summed E-state index contributed by atoms with van der Waals surface area (Å²) in [5, 5.41) is 0. The normalized spacial score (nSPS) is 17.6. The summed E-state index contributed by atoms with van der Waals surface area (Å²) < 4.78 is 7.67. The molecule has 2 heterocycles. The van der Waals surface area contributed by atoms with Gasteiger partial charge in [0, 0.05) is 24.5 Å². The van der Waals surface area contributed by atoms with Gasteiger partial charge >= 0.3 is 0 Å². The average molecular weight is 366 g/mol. The van der Waals surface area contributed by atoms with Gasteiger partial charge in [-0.1, -0.05) is 0 Å². The largest absolute Gasteiger partial charge is 0.379 e. The van der Waals surface area contributed by atoms with E-state index in [1.807, 2.05) is 0 Å². The second kappa shape index (κ2) is 6.36. The number of nitrogens with one attached hydrogen (secondary N) is 1. The molecule has 1 aromatic rings. The Kier molecular flexibility index (Phi) is 5.09. The Bertz CT molecular complexity index is 373. The van der Waals surface area contributed by atoms with Gasteiger partial charge in [0.05, 0.1) is 22.2 Å². The first-order valence-corrected chi connectivity index (χ1v) is 7.59. The summed E-state index contributed by atoms with van der Waals surface area (Å²) in [6.45, 7) is 7.17. The molecule has 0 aromatic carbocycles. The van der Waals surface area contributed by atoms with E-state index >= 15 is 0 Å². The molecule has 0 unspecified atom stereocenters. The SMILES string of the molecule is Cc1[nH]c(CCCN2CCOCC2)c(Br)c1Br. The number of H-pyrrole nitrogens is 1. The van der Waals surface area contributed by atoms with Gasteiger partial charge in [0.2, 0.25) is 0 Å². The third-order valence-electron chi connectivity index (χ3n) is 3.13. The summed E-state index contributed by atoms with van der Waals surface area (Å²) in [5.74, 6) is 0. The number of ether oxygens (including phenoxy) is 1. The molecule has 5 heteroatoms. The number of nitrogens with zero attached hydrogens (tertiary/aromatic N) is 1. The lowest BCUT2D eigenvalue weighted by atomic mass is 10.2. The minimum atomic E-state index is 0.886. The van der Waals surface area contributed by atoms with Gasteiger partial charge in [-0.3, -0.25) is 4.90 Å². The van der Waals surface area contributed by atoms with E-state index in [1.165, 1.54) is 22.3 Å². The molecule has 1 fully saturated rings. The highest BCUT2D eigenvalue weighted by molar-refractivity contribution is 9.13. The maximum absolute atomic E-state index is 5.34. The van der Waals surface area contributed by atoms with Crippen LogP contribution < -0.4 is 0 Å². The molecule has 0 radical (unpaired) electrons. The average Bonchev–Trinajstić information content (AvgIpc) is 2.59. The minimum Gasteiger partial charge on any atom is -0.379 e. The molecule has 96 valence electrons. The van der Waals surface area contributed by atoms with Gasteiger partial charge in [-0.25, -0.2) is 0 Å². The fraction of sp³-hybridized carbons (Fsp3) is 0.667. The Labute approximate surface area is 119 Å². The number of morpholine rings is 1. The summed E-state index contributed by atoms with van der Waals surface area (Å²) in [6, 6.07) is 0. The van der Waals surface area contributed by atoms with Gasteiger partial charge in [-0.2, -0.15) is 0 Å². The first-order chi connectivity index (χ1) is 8.18. The number of rotatable bonds is 4. The molecule has 0 bridgehead atoms. The smallest absolute Gasteiger partial charge is 0.0594 e. The molecule has 1 aromatic heterocycles. The van der Waals surface area contributed by atoms with Gasteiger partial charge in [0.1, 0.15) is 0 Å². The van der Waals surface area contributed by atoms with Crippen LogP contribution in [0, 0.1) is 6.92 Å². The zero-order valence-corrected chi connectivity index (χ0v) is 13.2.